The molecule has 2 aromatic rings. The first kappa shape index (κ1) is 10.6. The third-order valence-electron chi connectivity index (χ3n) is 2.36. The van der Waals surface area contributed by atoms with Crippen molar-refractivity contribution in [3.63, 3.8) is 0 Å². The molecule has 0 saturated carbocycles. The molecule has 0 bridgehead atoms. The molecule has 3 nitrogen and oxygen atoms in total. The number of carbonyl (C=O) groups is 1. The lowest BCUT2D eigenvalue weighted by atomic mass is 10.0. The topological polar surface area (TPSA) is 43.1 Å². The van der Waals surface area contributed by atoms with E-state index in [4.69, 9.17) is 4.42 Å². The number of nitrogens with zero attached hydrogens (tertiary/aromatic N) is 1. The van der Waals surface area contributed by atoms with E-state index in [1.165, 1.54) is 6.39 Å². The largest absolute Gasteiger partial charge is 0.443 e. The van der Waals surface area contributed by atoms with Gasteiger partial charge in [-0.15, -0.1) is 0 Å². The van der Waals surface area contributed by atoms with Crippen LogP contribution in [0.5, 0.6) is 0 Å². The molecule has 0 aliphatic rings. The summed E-state index contributed by atoms with van der Waals surface area (Å²) >= 11 is 0. The lowest BCUT2D eigenvalue weighted by Gasteiger charge is -2.02. The molecule has 1 heterocycles. The maximum atomic E-state index is 11.9. The molecule has 82 valence electrons. The second-order valence-electron chi connectivity index (χ2n) is 3.92. The Morgan fingerprint density at radius 3 is 2.56 bits per heavy atom. The van der Waals surface area contributed by atoms with Crippen LogP contribution in [0.15, 0.2) is 41.1 Å². The van der Waals surface area contributed by atoms with Crippen molar-refractivity contribution in [3.05, 3.63) is 42.4 Å². The van der Waals surface area contributed by atoms with Crippen LogP contribution in [0.25, 0.3) is 11.3 Å². The van der Waals surface area contributed by atoms with Crippen molar-refractivity contribution in [2.24, 2.45) is 5.92 Å². The van der Waals surface area contributed by atoms with E-state index in [-0.39, 0.29) is 11.7 Å². The van der Waals surface area contributed by atoms with Crippen molar-refractivity contribution in [1.82, 2.24) is 4.98 Å². The first-order chi connectivity index (χ1) is 7.70. The zero-order chi connectivity index (χ0) is 11.5. The van der Waals surface area contributed by atoms with E-state index >= 15 is 0 Å². The Hall–Kier alpha value is -1.90. The van der Waals surface area contributed by atoms with Crippen LogP contribution in [0, 0.1) is 5.92 Å². The summed E-state index contributed by atoms with van der Waals surface area (Å²) in [6.45, 7) is 3.71. The highest BCUT2D eigenvalue weighted by Gasteiger charge is 2.20. The highest BCUT2D eigenvalue weighted by atomic mass is 16.3. The second-order valence-corrected chi connectivity index (χ2v) is 3.92. The van der Waals surface area contributed by atoms with Crippen LogP contribution in [0.2, 0.25) is 0 Å². The summed E-state index contributed by atoms with van der Waals surface area (Å²) in [5, 5.41) is 0. The van der Waals surface area contributed by atoms with Gasteiger partial charge in [-0.3, -0.25) is 4.79 Å². The number of hydrogen-bond donors (Lipinski definition) is 0. The van der Waals surface area contributed by atoms with Crippen molar-refractivity contribution < 1.29 is 9.21 Å². The molecule has 0 spiro atoms. The lowest BCUT2D eigenvalue weighted by Crippen LogP contribution is -2.08. The number of oxazole rings is 1. The summed E-state index contributed by atoms with van der Waals surface area (Å²) in [5.74, 6) is 0.486. The molecule has 2 rings (SSSR count). The van der Waals surface area contributed by atoms with E-state index in [1.54, 1.807) is 0 Å². The van der Waals surface area contributed by atoms with Gasteiger partial charge in [-0.2, -0.15) is 0 Å². The normalized spacial score (nSPS) is 10.7. The summed E-state index contributed by atoms with van der Waals surface area (Å²) in [6.07, 6.45) is 1.32. The van der Waals surface area contributed by atoms with Crippen LogP contribution in [0.1, 0.15) is 24.3 Å². The van der Waals surface area contributed by atoms with E-state index < -0.39 is 0 Å². The van der Waals surface area contributed by atoms with Crippen molar-refractivity contribution >= 4 is 5.78 Å². The van der Waals surface area contributed by atoms with Gasteiger partial charge < -0.3 is 4.42 Å². The SMILES string of the molecule is CC(C)C(=O)c1ncoc1-c1ccccc1. The molecule has 0 aliphatic carbocycles. The average molecular weight is 215 g/mol. The zero-order valence-corrected chi connectivity index (χ0v) is 9.31. The minimum Gasteiger partial charge on any atom is -0.443 e. The highest BCUT2D eigenvalue weighted by molar-refractivity contribution is 6.00. The summed E-state index contributed by atoms with van der Waals surface area (Å²) in [7, 11) is 0. The molecule has 1 aromatic carbocycles. The van der Waals surface area contributed by atoms with E-state index in [0.717, 1.165) is 5.56 Å². The number of Topliss-reactive ketones (excluding diaryl/α,β-unsaturated/α-hetero) is 1. The fraction of sp³-hybridized carbons (Fsp3) is 0.231. The minimum absolute atomic E-state index is 0.00704. The van der Waals surface area contributed by atoms with Crippen LogP contribution in [-0.4, -0.2) is 10.8 Å². The highest BCUT2D eigenvalue weighted by Crippen LogP contribution is 2.24. The number of hydrogen-bond acceptors (Lipinski definition) is 3. The molecule has 0 N–H and O–H groups in total. The van der Waals surface area contributed by atoms with Gasteiger partial charge in [0.2, 0.25) is 0 Å². The third kappa shape index (κ3) is 1.89. The van der Waals surface area contributed by atoms with Gasteiger partial charge in [-0.05, 0) is 0 Å². The fourth-order valence-corrected chi connectivity index (χ4v) is 1.49. The smallest absolute Gasteiger partial charge is 0.187 e. The van der Waals surface area contributed by atoms with Crippen molar-refractivity contribution in [1.29, 1.82) is 0 Å². The van der Waals surface area contributed by atoms with Crippen LogP contribution >= 0.6 is 0 Å². The van der Waals surface area contributed by atoms with Gasteiger partial charge in [-0.25, -0.2) is 4.98 Å². The molecule has 0 saturated heterocycles. The fourth-order valence-electron chi connectivity index (χ4n) is 1.49. The maximum Gasteiger partial charge on any atom is 0.187 e. The molecule has 0 radical (unpaired) electrons. The Morgan fingerprint density at radius 1 is 1.25 bits per heavy atom. The Bertz CT molecular complexity index is 486. The average Bonchev–Trinajstić information content (AvgIpc) is 2.77. The quantitative estimate of drug-likeness (QED) is 0.738. The van der Waals surface area contributed by atoms with Crippen LogP contribution in [-0.2, 0) is 0 Å². The van der Waals surface area contributed by atoms with E-state index in [1.807, 2.05) is 44.2 Å². The van der Waals surface area contributed by atoms with Crippen LogP contribution in [0.4, 0.5) is 0 Å². The number of carbonyl (C=O) groups excluding carboxylic acids is 1. The molecule has 3 heteroatoms. The first-order valence-corrected chi connectivity index (χ1v) is 5.23. The Labute approximate surface area is 94.1 Å². The number of ketones is 1. The second kappa shape index (κ2) is 4.31. The lowest BCUT2D eigenvalue weighted by molar-refractivity contribution is 0.0935. The molecular formula is C13H13NO2. The molecule has 0 amide bonds. The van der Waals surface area contributed by atoms with Crippen LogP contribution in [0.3, 0.4) is 0 Å². The van der Waals surface area contributed by atoms with Gasteiger partial charge in [-0.1, -0.05) is 44.2 Å². The van der Waals surface area contributed by atoms with Gasteiger partial charge in [0.05, 0.1) is 0 Å². The summed E-state index contributed by atoms with van der Waals surface area (Å²) in [4.78, 5) is 15.9. The van der Waals surface area contributed by atoms with E-state index in [9.17, 15) is 4.79 Å². The Kier molecular flexibility index (Phi) is 2.86. The standard InChI is InChI=1S/C13H13NO2/c1-9(2)12(15)11-13(16-8-14-11)10-6-4-3-5-7-10/h3-9H,1-2H3. The summed E-state index contributed by atoms with van der Waals surface area (Å²) in [6, 6.07) is 9.53. The molecule has 0 aliphatic heterocycles. The summed E-state index contributed by atoms with van der Waals surface area (Å²) in [5.41, 5.74) is 1.30. The minimum atomic E-state index is -0.0763. The molecule has 0 fully saturated rings. The molecule has 16 heavy (non-hydrogen) atoms. The monoisotopic (exact) mass is 215 g/mol. The predicted octanol–water partition coefficient (Wildman–Crippen LogP) is 3.18. The van der Waals surface area contributed by atoms with E-state index in [0.29, 0.717) is 11.5 Å². The third-order valence-corrected chi connectivity index (χ3v) is 2.36. The first-order valence-electron chi connectivity index (χ1n) is 5.23. The molecule has 0 unspecified atom stereocenters. The van der Waals surface area contributed by atoms with Crippen LogP contribution < -0.4 is 0 Å². The van der Waals surface area contributed by atoms with E-state index in [2.05, 4.69) is 4.98 Å². The summed E-state index contributed by atoms with van der Waals surface area (Å²) < 4.78 is 5.29. The van der Waals surface area contributed by atoms with Gasteiger partial charge >= 0.3 is 0 Å². The number of rotatable bonds is 3. The number of aromatic nitrogens is 1. The zero-order valence-electron chi connectivity index (χ0n) is 9.31. The van der Waals surface area contributed by atoms with Gasteiger partial charge in [0.25, 0.3) is 0 Å². The van der Waals surface area contributed by atoms with Gasteiger partial charge in [0.1, 0.15) is 0 Å². The molecular weight excluding hydrogens is 202 g/mol. The van der Waals surface area contributed by atoms with Gasteiger partial charge in [0, 0.05) is 11.5 Å². The van der Waals surface area contributed by atoms with Gasteiger partial charge in [0.15, 0.2) is 23.6 Å². The maximum absolute atomic E-state index is 11.9. The Balaban J connectivity index is 2.45. The Morgan fingerprint density at radius 2 is 1.94 bits per heavy atom. The predicted molar refractivity (Wildman–Crippen MR) is 61.1 cm³/mol. The molecule has 1 aromatic heterocycles. The van der Waals surface area contributed by atoms with Crippen molar-refractivity contribution in [3.8, 4) is 11.3 Å². The van der Waals surface area contributed by atoms with Crippen molar-refractivity contribution in [2.75, 3.05) is 0 Å². The molecule has 0 atom stereocenters. The van der Waals surface area contributed by atoms with Crippen molar-refractivity contribution in [2.45, 2.75) is 13.8 Å². The number of benzene rings is 1.